The third kappa shape index (κ3) is 6.60. The lowest BCUT2D eigenvalue weighted by molar-refractivity contribution is -0.283. The molecule has 0 aliphatic carbocycles. The highest BCUT2D eigenvalue weighted by Crippen LogP contribution is 2.40. The molecule has 9 heteroatoms. The minimum absolute atomic E-state index is 0.114. The molecule has 1 fully saturated rings. The van der Waals surface area contributed by atoms with Crippen LogP contribution in [-0.4, -0.2) is 63.2 Å². The van der Waals surface area contributed by atoms with Crippen molar-refractivity contribution < 1.29 is 38.1 Å². The first-order valence-corrected chi connectivity index (χ1v) is 14.9. The maximum Gasteiger partial charge on any atom is 0.338 e. The Morgan fingerprint density at radius 2 is 1.56 bits per heavy atom. The zero-order chi connectivity index (χ0) is 26.5. The molecule has 3 rings (SSSR count). The van der Waals surface area contributed by atoms with Crippen LogP contribution in [0.2, 0.25) is 18.1 Å². The van der Waals surface area contributed by atoms with Gasteiger partial charge in [0.1, 0.15) is 12.2 Å². The Hall–Kier alpha value is -2.56. The van der Waals surface area contributed by atoms with Crippen molar-refractivity contribution >= 4 is 20.3 Å². The summed E-state index contributed by atoms with van der Waals surface area (Å²) in [4.78, 5) is 25.6. The van der Waals surface area contributed by atoms with Crippen molar-refractivity contribution in [1.29, 1.82) is 0 Å². The molecular weight excluding hydrogens is 480 g/mol. The summed E-state index contributed by atoms with van der Waals surface area (Å²) in [6.07, 6.45) is -6.27. The Bertz CT molecular complexity index is 1010. The molecule has 1 aliphatic heterocycles. The first-order chi connectivity index (χ1) is 16.9. The number of aliphatic hydroxyl groups excluding tert-OH is 1. The number of carbonyl (C=O) groups excluding carboxylic acids is 2. The van der Waals surface area contributed by atoms with E-state index in [1.165, 1.54) is 7.11 Å². The Morgan fingerprint density at radius 1 is 0.972 bits per heavy atom. The number of esters is 2. The van der Waals surface area contributed by atoms with Gasteiger partial charge in [-0.3, -0.25) is 0 Å². The first kappa shape index (κ1) is 28.0. The minimum atomic E-state index is -2.48. The third-order valence-corrected chi connectivity index (χ3v) is 11.1. The van der Waals surface area contributed by atoms with E-state index in [2.05, 4.69) is 20.8 Å². The third-order valence-electron chi connectivity index (χ3n) is 6.71. The second kappa shape index (κ2) is 11.7. The molecule has 1 saturated heterocycles. The number of aliphatic hydroxyl groups is 1. The van der Waals surface area contributed by atoms with Gasteiger partial charge in [-0.2, -0.15) is 0 Å². The molecule has 1 aliphatic rings. The van der Waals surface area contributed by atoms with Crippen molar-refractivity contribution in [2.75, 3.05) is 7.11 Å². The normalized spacial score (nSPS) is 24.7. The van der Waals surface area contributed by atoms with Crippen LogP contribution in [0, 0.1) is 0 Å². The lowest BCUT2D eigenvalue weighted by Crippen LogP contribution is -2.64. The number of rotatable bonds is 8. The average molecular weight is 517 g/mol. The minimum Gasteiger partial charge on any atom is -0.467 e. The van der Waals surface area contributed by atoms with Crippen LogP contribution in [0.25, 0.3) is 0 Å². The molecule has 1 heterocycles. The molecule has 2 aromatic rings. The number of benzene rings is 2. The first-order valence-electron chi connectivity index (χ1n) is 12.0. The Kier molecular flexibility index (Phi) is 9.07. The highest BCUT2D eigenvalue weighted by Gasteiger charge is 2.54. The van der Waals surface area contributed by atoms with Crippen LogP contribution in [0.15, 0.2) is 60.7 Å². The van der Waals surface area contributed by atoms with Crippen molar-refractivity contribution in [1.82, 2.24) is 0 Å². The summed E-state index contributed by atoms with van der Waals surface area (Å²) in [7, 11) is -1.27. The van der Waals surface area contributed by atoms with Crippen molar-refractivity contribution in [3.8, 4) is 0 Å². The Labute approximate surface area is 213 Å². The highest BCUT2D eigenvalue weighted by atomic mass is 28.4. The predicted octanol–water partition coefficient (Wildman–Crippen LogP) is 4.08. The molecule has 0 aromatic heterocycles. The fourth-order valence-electron chi connectivity index (χ4n) is 3.55. The summed E-state index contributed by atoms with van der Waals surface area (Å²) in [5.74, 6) is -1.39. The topological polar surface area (TPSA) is 101 Å². The maximum atomic E-state index is 13.1. The zero-order valence-corrected chi connectivity index (χ0v) is 22.7. The fourth-order valence-corrected chi connectivity index (χ4v) is 4.67. The molecular formula is C27H36O8Si. The molecule has 0 bridgehead atoms. The van der Waals surface area contributed by atoms with Crippen molar-refractivity contribution in [3.05, 3.63) is 71.8 Å². The van der Waals surface area contributed by atoms with Gasteiger partial charge in [0.15, 0.2) is 26.8 Å². The van der Waals surface area contributed by atoms with Gasteiger partial charge >= 0.3 is 11.9 Å². The van der Waals surface area contributed by atoms with Crippen LogP contribution in [0.1, 0.15) is 36.7 Å². The number of ether oxygens (including phenoxy) is 4. The Morgan fingerprint density at radius 3 is 2.11 bits per heavy atom. The quantitative estimate of drug-likeness (QED) is 0.414. The largest absolute Gasteiger partial charge is 0.467 e. The fraction of sp³-hybridized carbons (Fsp3) is 0.481. The van der Waals surface area contributed by atoms with Gasteiger partial charge in [-0.1, -0.05) is 69.3 Å². The Balaban J connectivity index is 1.98. The van der Waals surface area contributed by atoms with E-state index in [4.69, 9.17) is 23.4 Å². The van der Waals surface area contributed by atoms with E-state index in [1.54, 1.807) is 30.3 Å². The highest BCUT2D eigenvalue weighted by molar-refractivity contribution is 6.74. The summed E-state index contributed by atoms with van der Waals surface area (Å²) in [6, 6.07) is 17.9. The molecule has 196 valence electrons. The van der Waals surface area contributed by atoms with Gasteiger partial charge in [0, 0.05) is 0 Å². The van der Waals surface area contributed by atoms with E-state index in [-0.39, 0.29) is 11.6 Å². The van der Waals surface area contributed by atoms with Crippen LogP contribution < -0.4 is 0 Å². The number of carbonyl (C=O) groups is 2. The van der Waals surface area contributed by atoms with Crippen molar-refractivity contribution in [2.24, 2.45) is 0 Å². The molecule has 5 atom stereocenters. The average Bonchev–Trinajstić information content (AvgIpc) is 2.85. The van der Waals surface area contributed by atoms with Crippen LogP contribution in [0.4, 0.5) is 0 Å². The number of hydrogen-bond acceptors (Lipinski definition) is 8. The molecule has 36 heavy (non-hydrogen) atoms. The van der Waals surface area contributed by atoms with Crippen LogP contribution in [-0.2, 0) is 34.8 Å². The monoisotopic (exact) mass is 516 g/mol. The molecule has 0 unspecified atom stereocenters. The van der Waals surface area contributed by atoms with Crippen LogP contribution >= 0.6 is 0 Å². The molecule has 0 amide bonds. The van der Waals surface area contributed by atoms with Gasteiger partial charge in [-0.05, 0) is 35.8 Å². The predicted molar refractivity (Wildman–Crippen MR) is 136 cm³/mol. The van der Waals surface area contributed by atoms with E-state index >= 15 is 0 Å². The smallest absolute Gasteiger partial charge is 0.338 e. The summed E-state index contributed by atoms with van der Waals surface area (Å²) < 4.78 is 29.3. The molecule has 2 aromatic carbocycles. The molecule has 0 spiro atoms. The molecule has 1 N–H and O–H groups in total. The van der Waals surface area contributed by atoms with E-state index in [0.717, 1.165) is 5.56 Å². The lowest BCUT2D eigenvalue weighted by Gasteiger charge is -2.47. The van der Waals surface area contributed by atoms with E-state index in [9.17, 15) is 14.7 Å². The molecule has 0 saturated carbocycles. The summed E-state index contributed by atoms with van der Waals surface area (Å²) in [5, 5.41) is 10.9. The second-order valence-electron chi connectivity index (χ2n) is 10.3. The number of hydrogen-bond donors (Lipinski definition) is 1. The second-order valence-corrected chi connectivity index (χ2v) is 15.1. The van der Waals surface area contributed by atoms with E-state index in [1.807, 2.05) is 43.4 Å². The SMILES string of the molecule is COC(=O)[C@H]1O[C@@H](O[Si](C)(C)C(C)(C)C)[C@H](OC(=O)c2ccccc2)[C@@H](OCc2ccccc2)[C@@H]1O. The van der Waals surface area contributed by atoms with Gasteiger partial charge < -0.3 is 28.5 Å². The van der Waals surface area contributed by atoms with Gasteiger partial charge in [0.2, 0.25) is 0 Å². The van der Waals surface area contributed by atoms with Crippen molar-refractivity contribution in [2.45, 2.75) is 76.2 Å². The summed E-state index contributed by atoms with van der Waals surface area (Å²) in [5.41, 5.74) is 1.18. The zero-order valence-electron chi connectivity index (χ0n) is 21.7. The lowest BCUT2D eigenvalue weighted by atomic mass is 9.98. The summed E-state index contributed by atoms with van der Waals surface area (Å²) >= 11 is 0. The summed E-state index contributed by atoms with van der Waals surface area (Å²) in [6.45, 7) is 10.3. The van der Waals surface area contributed by atoms with Crippen molar-refractivity contribution in [3.63, 3.8) is 0 Å². The standard InChI is InChI=1S/C27H36O8Si/c1-27(2,3)36(5,6)35-26-23(33-24(29)19-15-11-8-12-16-19)21(20(28)22(34-26)25(30)31-4)32-17-18-13-9-7-10-14-18/h7-16,20-23,26,28H,17H2,1-6H3/t20-,21-,22-,23+,26-/m0/s1. The van der Waals surface area contributed by atoms with E-state index < -0.39 is 51.0 Å². The molecule has 0 radical (unpaired) electrons. The maximum absolute atomic E-state index is 13.1. The van der Waals surface area contributed by atoms with E-state index in [0.29, 0.717) is 5.56 Å². The van der Waals surface area contributed by atoms with Gasteiger partial charge in [0.25, 0.3) is 0 Å². The molecule has 8 nitrogen and oxygen atoms in total. The van der Waals surface area contributed by atoms with Gasteiger partial charge in [-0.15, -0.1) is 0 Å². The number of methoxy groups -OCH3 is 1. The van der Waals surface area contributed by atoms with Gasteiger partial charge in [-0.25, -0.2) is 9.59 Å². The van der Waals surface area contributed by atoms with Crippen LogP contribution in [0.3, 0.4) is 0 Å². The van der Waals surface area contributed by atoms with Crippen LogP contribution in [0.5, 0.6) is 0 Å². The van der Waals surface area contributed by atoms with Gasteiger partial charge in [0.05, 0.1) is 19.3 Å².